The Morgan fingerprint density at radius 3 is 2.94 bits per heavy atom. The second kappa shape index (κ2) is 6.09. The minimum Gasteiger partial charge on any atom is -0.437 e. The van der Waals surface area contributed by atoms with Crippen LogP contribution < -0.4 is 10.5 Å². The van der Waals surface area contributed by atoms with Crippen molar-refractivity contribution < 1.29 is 9.47 Å². The van der Waals surface area contributed by atoms with E-state index in [1.807, 2.05) is 24.3 Å². The molecule has 0 unspecified atom stereocenters. The van der Waals surface area contributed by atoms with E-state index >= 15 is 0 Å². The fraction of sp³-hybridized carbons (Fsp3) is 0.231. The fourth-order valence-electron chi connectivity index (χ4n) is 1.52. The number of methoxy groups -OCH3 is 1. The minimum absolute atomic E-state index is 0.341. The quantitative estimate of drug-likeness (QED) is 0.870. The summed E-state index contributed by atoms with van der Waals surface area (Å²) < 4.78 is 10.7. The fourth-order valence-corrected chi connectivity index (χ4v) is 1.52. The zero-order chi connectivity index (χ0) is 12.8. The van der Waals surface area contributed by atoms with E-state index < -0.39 is 0 Å². The van der Waals surface area contributed by atoms with Gasteiger partial charge in [0, 0.05) is 19.9 Å². The van der Waals surface area contributed by atoms with Crippen molar-refractivity contribution in [2.24, 2.45) is 5.73 Å². The number of rotatable bonds is 5. The number of ether oxygens (including phenoxy) is 2. The highest BCUT2D eigenvalue weighted by molar-refractivity contribution is 5.30. The summed E-state index contributed by atoms with van der Waals surface area (Å²) >= 11 is 0. The van der Waals surface area contributed by atoms with Crippen LogP contribution in [0.5, 0.6) is 11.6 Å². The highest BCUT2D eigenvalue weighted by atomic mass is 16.5. The number of benzene rings is 1. The lowest BCUT2D eigenvalue weighted by Crippen LogP contribution is -2.01. The van der Waals surface area contributed by atoms with Crippen LogP contribution in [-0.4, -0.2) is 17.1 Å². The van der Waals surface area contributed by atoms with Gasteiger partial charge in [-0.2, -0.15) is 0 Å². The zero-order valence-electron chi connectivity index (χ0n) is 10.2. The Labute approximate surface area is 106 Å². The molecule has 0 aliphatic carbocycles. The third-order valence-corrected chi connectivity index (χ3v) is 2.30. The molecular formula is C13H15N3O2. The smallest absolute Gasteiger partial charge is 0.238 e. The van der Waals surface area contributed by atoms with Crippen molar-refractivity contribution in [3.8, 4) is 11.6 Å². The van der Waals surface area contributed by atoms with E-state index in [0.717, 1.165) is 5.56 Å². The molecule has 1 heterocycles. The predicted molar refractivity (Wildman–Crippen MR) is 67.2 cm³/mol. The lowest BCUT2D eigenvalue weighted by molar-refractivity contribution is 0.184. The molecule has 94 valence electrons. The van der Waals surface area contributed by atoms with Crippen LogP contribution in [0.25, 0.3) is 0 Å². The van der Waals surface area contributed by atoms with Crippen molar-refractivity contribution in [3.63, 3.8) is 0 Å². The van der Waals surface area contributed by atoms with Crippen LogP contribution in [0.1, 0.15) is 11.3 Å². The molecule has 0 amide bonds. The molecule has 0 aliphatic heterocycles. The van der Waals surface area contributed by atoms with Gasteiger partial charge >= 0.3 is 0 Å². The molecule has 2 rings (SSSR count). The van der Waals surface area contributed by atoms with Crippen molar-refractivity contribution in [2.75, 3.05) is 7.11 Å². The Morgan fingerprint density at radius 1 is 1.28 bits per heavy atom. The van der Waals surface area contributed by atoms with Crippen LogP contribution in [0.2, 0.25) is 0 Å². The van der Waals surface area contributed by atoms with Gasteiger partial charge in [-0.05, 0) is 17.7 Å². The number of hydrogen-bond donors (Lipinski definition) is 1. The largest absolute Gasteiger partial charge is 0.437 e. The lowest BCUT2D eigenvalue weighted by atomic mass is 10.2. The molecule has 1 aromatic carbocycles. The molecule has 2 N–H and O–H groups in total. The molecule has 0 aliphatic rings. The molecule has 1 aromatic heterocycles. The first-order valence-electron chi connectivity index (χ1n) is 5.58. The van der Waals surface area contributed by atoms with Gasteiger partial charge in [0.1, 0.15) is 5.75 Å². The first-order chi connectivity index (χ1) is 8.81. The standard InChI is InChI=1S/C13H15N3O2/c1-17-9-10-3-2-4-12(5-10)18-13-8-15-7-11(6-14)16-13/h2-5,7-8H,6,9,14H2,1H3. The molecule has 0 atom stereocenters. The molecule has 0 saturated heterocycles. The molecule has 18 heavy (non-hydrogen) atoms. The van der Waals surface area contributed by atoms with Crippen molar-refractivity contribution in [3.05, 3.63) is 47.9 Å². The average Bonchev–Trinajstić information content (AvgIpc) is 2.40. The molecule has 0 fully saturated rings. The van der Waals surface area contributed by atoms with Gasteiger partial charge in [0.25, 0.3) is 0 Å². The molecule has 0 bridgehead atoms. The van der Waals surface area contributed by atoms with Crippen molar-refractivity contribution in [1.82, 2.24) is 9.97 Å². The first-order valence-corrected chi connectivity index (χ1v) is 5.58. The van der Waals surface area contributed by atoms with Crippen molar-refractivity contribution >= 4 is 0 Å². The van der Waals surface area contributed by atoms with E-state index in [-0.39, 0.29) is 0 Å². The van der Waals surface area contributed by atoms with Gasteiger partial charge in [0.15, 0.2) is 0 Å². The van der Waals surface area contributed by atoms with Gasteiger partial charge in [-0.1, -0.05) is 12.1 Å². The van der Waals surface area contributed by atoms with E-state index in [1.165, 1.54) is 0 Å². The van der Waals surface area contributed by atoms with Crippen LogP contribution in [0.15, 0.2) is 36.7 Å². The highest BCUT2D eigenvalue weighted by Crippen LogP contribution is 2.20. The number of hydrogen-bond acceptors (Lipinski definition) is 5. The Kier molecular flexibility index (Phi) is 4.22. The predicted octanol–water partition coefficient (Wildman–Crippen LogP) is 1.87. The van der Waals surface area contributed by atoms with Crippen molar-refractivity contribution in [2.45, 2.75) is 13.2 Å². The van der Waals surface area contributed by atoms with Gasteiger partial charge < -0.3 is 15.2 Å². The second-order valence-electron chi connectivity index (χ2n) is 3.74. The van der Waals surface area contributed by atoms with Crippen LogP contribution in [-0.2, 0) is 17.9 Å². The van der Waals surface area contributed by atoms with Crippen molar-refractivity contribution in [1.29, 1.82) is 0 Å². The van der Waals surface area contributed by atoms with E-state index in [2.05, 4.69) is 9.97 Å². The maximum absolute atomic E-state index is 5.62. The van der Waals surface area contributed by atoms with Gasteiger partial charge in [-0.15, -0.1) is 0 Å². The summed E-state index contributed by atoms with van der Waals surface area (Å²) in [5.41, 5.74) is 7.24. The summed E-state index contributed by atoms with van der Waals surface area (Å²) in [6, 6.07) is 7.64. The van der Waals surface area contributed by atoms with Crippen LogP contribution in [0.4, 0.5) is 0 Å². The molecule has 2 aromatic rings. The topological polar surface area (TPSA) is 70.3 Å². The van der Waals surface area contributed by atoms with E-state index in [4.69, 9.17) is 15.2 Å². The van der Waals surface area contributed by atoms with E-state index in [9.17, 15) is 0 Å². The van der Waals surface area contributed by atoms with Crippen LogP contribution >= 0.6 is 0 Å². The highest BCUT2D eigenvalue weighted by Gasteiger charge is 2.02. The lowest BCUT2D eigenvalue weighted by Gasteiger charge is -2.07. The van der Waals surface area contributed by atoms with Crippen LogP contribution in [0, 0.1) is 0 Å². The number of nitrogens with two attached hydrogens (primary N) is 1. The first kappa shape index (κ1) is 12.5. The molecule has 5 nitrogen and oxygen atoms in total. The zero-order valence-corrected chi connectivity index (χ0v) is 10.2. The second-order valence-corrected chi connectivity index (χ2v) is 3.74. The minimum atomic E-state index is 0.341. The monoisotopic (exact) mass is 245 g/mol. The van der Waals surface area contributed by atoms with E-state index in [0.29, 0.717) is 30.5 Å². The average molecular weight is 245 g/mol. The van der Waals surface area contributed by atoms with E-state index in [1.54, 1.807) is 19.5 Å². The molecular weight excluding hydrogens is 230 g/mol. The summed E-state index contributed by atoms with van der Waals surface area (Å²) in [5, 5.41) is 0. The third kappa shape index (κ3) is 3.26. The third-order valence-electron chi connectivity index (χ3n) is 2.30. The summed E-state index contributed by atoms with van der Waals surface area (Å²) in [4.78, 5) is 8.24. The van der Waals surface area contributed by atoms with Crippen LogP contribution in [0.3, 0.4) is 0 Å². The Hall–Kier alpha value is -1.98. The maximum Gasteiger partial charge on any atom is 0.238 e. The molecule has 0 spiro atoms. The summed E-state index contributed by atoms with van der Waals surface area (Å²) in [6.07, 6.45) is 3.18. The number of aromatic nitrogens is 2. The van der Waals surface area contributed by atoms with Gasteiger partial charge in [-0.25, -0.2) is 4.98 Å². The van der Waals surface area contributed by atoms with Gasteiger partial charge in [0.05, 0.1) is 18.5 Å². The molecule has 0 saturated carbocycles. The van der Waals surface area contributed by atoms with Gasteiger partial charge in [0.2, 0.25) is 5.88 Å². The summed E-state index contributed by atoms with van der Waals surface area (Å²) in [6.45, 7) is 0.889. The summed E-state index contributed by atoms with van der Waals surface area (Å²) in [7, 11) is 1.66. The molecule has 0 radical (unpaired) electrons. The maximum atomic E-state index is 5.62. The Morgan fingerprint density at radius 2 is 2.17 bits per heavy atom. The Balaban J connectivity index is 2.14. The normalized spacial score (nSPS) is 10.3. The number of nitrogens with zero attached hydrogens (tertiary/aromatic N) is 2. The SMILES string of the molecule is COCc1cccc(Oc2cncc(CN)n2)c1. The summed E-state index contributed by atoms with van der Waals surface area (Å²) in [5.74, 6) is 1.14. The Bertz CT molecular complexity index is 517. The van der Waals surface area contributed by atoms with Gasteiger partial charge in [-0.3, -0.25) is 4.98 Å². The molecule has 5 heteroatoms.